The van der Waals surface area contributed by atoms with Gasteiger partial charge in [0.15, 0.2) is 0 Å². The Balaban J connectivity index is 1.77. The summed E-state index contributed by atoms with van der Waals surface area (Å²) in [5.41, 5.74) is 2.39. The van der Waals surface area contributed by atoms with Crippen LogP contribution in [0, 0.1) is 0 Å². The monoisotopic (exact) mass is 266 g/mol. The Morgan fingerprint density at radius 1 is 1.05 bits per heavy atom. The Kier molecular flexibility index (Phi) is 3.52. The molecule has 0 saturated carbocycles. The maximum absolute atomic E-state index is 10.2. The van der Waals surface area contributed by atoms with Gasteiger partial charge in [0.2, 0.25) is 0 Å². The van der Waals surface area contributed by atoms with Gasteiger partial charge < -0.3 is 5.11 Å². The fraction of sp³-hybridized carbons (Fsp3) is 0.133. The molecule has 0 bridgehead atoms. The van der Waals surface area contributed by atoms with Gasteiger partial charge in [-0.25, -0.2) is 0 Å². The van der Waals surface area contributed by atoms with Gasteiger partial charge in [0, 0.05) is 18.8 Å². The third-order valence-corrected chi connectivity index (χ3v) is 2.99. The van der Waals surface area contributed by atoms with Crippen molar-refractivity contribution in [2.24, 2.45) is 0 Å². The Morgan fingerprint density at radius 3 is 2.65 bits per heavy atom. The Morgan fingerprint density at radius 2 is 1.90 bits per heavy atom. The molecule has 0 spiro atoms. The second-order valence-electron chi connectivity index (χ2n) is 4.48. The number of para-hydroxylation sites is 1. The van der Waals surface area contributed by atoms with Gasteiger partial charge >= 0.3 is 0 Å². The SMILES string of the molecule is OC(Cc1cccnc1)c1cnn(-c2ccccc2)n1. The topological polar surface area (TPSA) is 63.8 Å². The van der Waals surface area contributed by atoms with Gasteiger partial charge in [-0.1, -0.05) is 24.3 Å². The molecule has 5 heteroatoms. The van der Waals surface area contributed by atoms with E-state index >= 15 is 0 Å². The van der Waals surface area contributed by atoms with Gasteiger partial charge in [0.1, 0.15) is 11.8 Å². The van der Waals surface area contributed by atoms with Gasteiger partial charge in [0.25, 0.3) is 0 Å². The Labute approximate surface area is 116 Å². The molecule has 100 valence electrons. The summed E-state index contributed by atoms with van der Waals surface area (Å²) in [7, 11) is 0. The van der Waals surface area contributed by atoms with Crippen molar-refractivity contribution in [3.05, 3.63) is 72.3 Å². The Hall–Kier alpha value is -2.53. The molecule has 0 radical (unpaired) electrons. The molecule has 2 heterocycles. The van der Waals surface area contributed by atoms with Gasteiger partial charge in [-0.2, -0.15) is 15.0 Å². The fourth-order valence-electron chi connectivity index (χ4n) is 1.96. The van der Waals surface area contributed by atoms with Crippen molar-refractivity contribution in [1.29, 1.82) is 0 Å². The molecular formula is C15H14N4O. The van der Waals surface area contributed by atoms with E-state index in [9.17, 15) is 5.11 Å². The summed E-state index contributed by atoms with van der Waals surface area (Å²) < 4.78 is 0. The smallest absolute Gasteiger partial charge is 0.112 e. The molecule has 0 fully saturated rings. The van der Waals surface area contributed by atoms with Crippen LogP contribution in [0.3, 0.4) is 0 Å². The first-order chi connectivity index (χ1) is 9.83. The van der Waals surface area contributed by atoms with Crippen molar-refractivity contribution in [2.75, 3.05) is 0 Å². The predicted molar refractivity (Wildman–Crippen MR) is 74.3 cm³/mol. The number of aliphatic hydroxyl groups excluding tert-OH is 1. The number of hydrogen-bond acceptors (Lipinski definition) is 4. The van der Waals surface area contributed by atoms with Gasteiger partial charge in [-0.15, -0.1) is 0 Å². The van der Waals surface area contributed by atoms with Crippen molar-refractivity contribution < 1.29 is 5.11 Å². The highest BCUT2D eigenvalue weighted by molar-refractivity contribution is 5.28. The fourth-order valence-corrected chi connectivity index (χ4v) is 1.96. The first kappa shape index (κ1) is 12.5. The maximum Gasteiger partial charge on any atom is 0.112 e. The summed E-state index contributed by atoms with van der Waals surface area (Å²) >= 11 is 0. The zero-order valence-electron chi connectivity index (χ0n) is 10.8. The molecular weight excluding hydrogens is 252 g/mol. The lowest BCUT2D eigenvalue weighted by Crippen LogP contribution is -2.04. The molecule has 0 aliphatic carbocycles. The average Bonchev–Trinajstić information content (AvgIpc) is 2.99. The molecule has 1 unspecified atom stereocenters. The highest BCUT2D eigenvalue weighted by Crippen LogP contribution is 2.16. The minimum Gasteiger partial charge on any atom is -0.386 e. The number of rotatable bonds is 4. The molecule has 1 N–H and O–H groups in total. The summed E-state index contributed by atoms with van der Waals surface area (Å²) in [5.74, 6) is 0. The first-order valence-corrected chi connectivity index (χ1v) is 6.37. The van der Waals surface area contributed by atoms with Crippen LogP contribution in [0.15, 0.2) is 61.1 Å². The minimum absolute atomic E-state index is 0.474. The van der Waals surface area contributed by atoms with Crippen LogP contribution in [0.2, 0.25) is 0 Å². The molecule has 2 aromatic heterocycles. The molecule has 0 saturated heterocycles. The van der Waals surface area contributed by atoms with Gasteiger partial charge in [-0.3, -0.25) is 4.98 Å². The van der Waals surface area contributed by atoms with Crippen LogP contribution < -0.4 is 0 Å². The predicted octanol–water partition coefficient (Wildman–Crippen LogP) is 1.94. The van der Waals surface area contributed by atoms with Crippen molar-refractivity contribution in [3.8, 4) is 5.69 Å². The lowest BCUT2D eigenvalue weighted by Gasteiger charge is -2.06. The minimum atomic E-state index is -0.684. The molecule has 1 atom stereocenters. The lowest BCUT2D eigenvalue weighted by atomic mass is 10.1. The van der Waals surface area contributed by atoms with Crippen LogP contribution in [0.1, 0.15) is 17.4 Å². The Bertz CT molecular complexity index is 667. The molecule has 0 aliphatic rings. The average molecular weight is 266 g/mol. The number of aliphatic hydroxyl groups is 1. The van der Waals surface area contributed by atoms with E-state index in [1.54, 1.807) is 18.6 Å². The number of pyridine rings is 1. The highest BCUT2D eigenvalue weighted by Gasteiger charge is 2.13. The zero-order chi connectivity index (χ0) is 13.8. The van der Waals surface area contributed by atoms with Crippen molar-refractivity contribution in [1.82, 2.24) is 20.0 Å². The van der Waals surface area contributed by atoms with Gasteiger partial charge in [0.05, 0.1) is 11.9 Å². The second kappa shape index (κ2) is 5.63. The standard InChI is InChI=1S/C15H14N4O/c20-15(9-12-5-4-8-16-10-12)14-11-17-19(18-14)13-6-2-1-3-7-13/h1-8,10-11,15,20H,9H2. The molecule has 3 rings (SSSR count). The summed E-state index contributed by atoms with van der Waals surface area (Å²) in [4.78, 5) is 5.55. The third kappa shape index (κ3) is 2.73. The third-order valence-electron chi connectivity index (χ3n) is 2.99. The van der Waals surface area contributed by atoms with Crippen LogP contribution in [0.5, 0.6) is 0 Å². The lowest BCUT2D eigenvalue weighted by molar-refractivity contribution is 0.173. The van der Waals surface area contributed by atoms with Crippen LogP contribution >= 0.6 is 0 Å². The van der Waals surface area contributed by atoms with E-state index in [0.29, 0.717) is 12.1 Å². The van der Waals surface area contributed by atoms with Crippen molar-refractivity contribution >= 4 is 0 Å². The molecule has 0 amide bonds. The number of aromatic nitrogens is 4. The molecule has 0 aliphatic heterocycles. The molecule has 3 aromatic rings. The van der Waals surface area contributed by atoms with Crippen LogP contribution in [-0.4, -0.2) is 25.1 Å². The maximum atomic E-state index is 10.2. The molecule has 20 heavy (non-hydrogen) atoms. The zero-order valence-corrected chi connectivity index (χ0v) is 10.8. The van der Waals surface area contributed by atoms with E-state index in [0.717, 1.165) is 11.3 Å². The van der Waals surface area contributed by atoms with Crippen molar-refractivity contribution in [2.45, 2.75) is 12.5 Å². The molecule has 5 nitrogen and oxygen atoms in total. The van der Waals surface area contributed by atoms with E-state index < -0.39 is 6.10 Å². The van der Waals surface area contributed by atoms with Crippen LogP contribution in [-0.2, 0) is 6.42 Å². The van der Waals surface area contributed by atoms with Crippen LogP contribution in [0.4, 0.5) is 0 Å². The van der Waals surface area contributed by atoms with Crippen molar-refractivity contribution in [3.63, 3.8) is 0 Å². The van der Waals surface area contributed by atoms with E-state index in [2.05, 4.69) is 15.2 Å². The van der Waals surface area contributed by atoms with Gasteiger partial charge in [-0.05, 0) is 23.8 Å². The number of benzene rings is 1. The summed E-state index contributed by atoms with van der Waals surface area (Å²) in [6.07, 6.45) is 4.83. The first-order valence-electron chi connectivity index (χ1n) is 6.37. The normalized spacial score (nSPS) is 12.2. The number of nitrogens with zero attached hydrogens (tertiary/aromatic N) is 4. The van der Waals surface area contributed by atoms with E-state index in [1.807, 2.05) is 42.5 Å². The largest absolute Gasteiger partial charge is 0.386 e. The van der Waals surface area contributed by atoms with E-state index in [1.165, 1.54) is 4.80 Å². The second-order valence-corrected chi connectivity index (χ2v) is 4.48. The summed E-state index contributed by atoms with van der Waals surface area (Å²) in [6, 6.07) is 13.4. The van der Waals surface area contributed by atoms with Crippen LogP contribution in [0.25, 0.3) is 5.69 Å². The van der Waals surface area contributed by atoms with E-state index in [-0.39, 0.29) is 0 Å². The molecule has 1 aromatic carbocycles. The summed E-state index contributed by atoms with van der Waals surface area (Å²) in [6.45, 7) is 0. The number of hydrogen-bond donors (Lipinski definition) is 1. The summed E-state index contributed by atoms with van der Waals surface area (Å²) in [5, 5.41) is 18.7. The highest BCUT2D eigenvalue weighted by atomic mass is 16.3. The quantitative estimate of drug-likeness (QED) is 0.783. The van der Waals surface area contributed by atoms with E-state index in [4.69, 9.17) is 0 Å².